The first-order chi connectivity index (χ1) is 9.99. The summed E-state index contributed by atoms with van der Waals surface area (Å²) in [5.74, 6) is 0.101. The Labute approximate surface area is 127 Å². The maximum atomic E-state index is 11.2. The molecule has 0 amide bonds. The van der Waals surface area contributed by atoms with E-state index in [1.54, 1.807) is 6.21 Å². The molecule has 0 aromatic carbocycles. The molecule has 1 unspecified atom stereocenters. The second kappa shape index (κ2) is 8.27. The SMILES string of the molecule is C/C=N/C(C(CC)CC)[C@H]1[C@H](CC(=N)N)C[C@H](C=O)[C@H]1O. The van der Waals surface area contributed by atoms with Crippen LogP contribution in [-0.2, 0) is 4.79 Å². The summed E-state index contributed by atoms with van der Waals surface area (Å²) in [7, 11) is 0. The molecule has 1 fully saturated rings. The molecule has 21 heavy (non-hydrogen) atoms. The summed E-state index contributed by atoms with van der Waals surface area (Å²) in [4.78, 5) is 15.8. The first kappa shape index (κ1) is 17.8. The predicted octanol–water partition coefficient (Wildman–Crippen LogP) is 2.02. The van der Waals surface area contributed by atoms with Gasteiger partial charge in [-0.15, -0.1) is 0 Å². The highest BCUT2D eigenvalue weighted by Crippen LogP contribution is 2.43. The summed E-state index contributed by atoms with van der Waals surface area (Å²) >= 11 is 0. The number of aliphatic hydroxyl groups excluding tert-OH is 1. The minimum atomic E-state index is -0.679. The maximum absolute atomic E-state index is 11.2. The van der Waals surface area contributed by atoms with E-state index < -0.39 is 6.10 Å². The molecule has 0 heterocycles. The highest BCUT2D eigenvalue weighted by Gasteiger charge is 2.47. The van der Waals surface area contributed by atoms with Gasteiger partial charge in [-0.2, -0.15) is 0 Å². The number of nitrogens with two attached hydrogens (primary N) is 1. The summed E-state index contributed by atoms with van der Waals surface area (Å²) in [5, 5.41) is 18.1. The van der Waals surface area contributed by atoms with E-state index in [0.29, 0.717) is 18.8 Å². The molecule has 5 atom stereocenters. The third-order valence-corrected chi connectivity index (χ3v) is 4.86. The van der Waals surface area contributed by atoms with Crippen molar-refractivity contribution in [1.82, 2.24) is 0 Å². The molecule has 0 aromatic rings. The third kappa shape index (κ3) is 4.13. The summed E-state index contributed by atoms with van der Waals surface area (Å²) in [5.41, 5.74) is 5.56. The summed E-state index contributed by atoms with van der Waals surface area (Å²) in [6.45, 7) is 6.14. The van der Waals surface area contributed by atoms with Gasteiger partial charge in [-0.05, 0) is 31.4 Å². The minimum absolute atomic E-state index is 0.00528. The number of hydrogen-bond donors (Lipinski definition) is 3. The molecular formula is C16H29N3O2. The van der Waals surface area contributed by atoms with Crippen molar-refractivity contribution in [3.63, 3.8) is 0 Å². The van der Waals surface area contributed by atoms with Crippen LogP contribution in [0.5, 0.6) is 0 Å². The third-order valence-electron chi connectivity index (χ3n) is 4.86. The van der Waals surface area contributed by atoms with Crippen molar-refractivity contribution >= 4 is 18.3 Å². The maximum Gasteiger partial charge on any atom is 0.125 e. The van der Waals surface area contributed by atoms with Crippen LogP contribution in [0.15, 0.2) is 4.99 Å². The van der Waals surface area contributed by atoms with Crippen LogP contribution in [0.2, 0.25) is 0 Å². The molecule has 120 valence electrons. The number of aliphatic imine (C=N–C) groups is 1. The monoisotopic (exact) mass is 295 g/mol. The van der Waals surface area contributed by atoms with Gasteiger partial charge in [0, 0.05) is 18.3 Å². The number of aldehydes is 1. The Hall–Kier alpha value is -1.23. The van der Waals surface area contributed by atoms with Crippen LogP contribution in [0.25, 0.3) is 0 Å². The fraction of sp³-hybridized carbons (Fsp3) is 0.812. The lowest BCUT2D eigenvalue weighted by Gasteiger charge is -2.33. The average molecular weight is 295 g/mol. The van der Waals surface area contributed by atoms with Crippen molar-refractivity contribution < 1.29 is 9.90 Å². The first-order valence-corrected chi connectivity index (χ1v) is 7.94. The van der Waals surface area contributed by atoms with E-state index in [2.05, 4.69) is 18.8 Å². The summed E-state index contributed by atoms with van der Waals surface area (Å²) in [6.07, 6.45) is 4.96. The molecule has 5 heteroatoms. The van der Waals surface area contributed by atoms with Crippen molar-refractivity contribution in [2.75, 3.05) is 0 Å². The topological polar surface area (TPSA) is 99.5 Å². The number of amidine groups is 1. The van der Waals surface area contributed by atoms with Gasteiger partial charge in [0.05, 0.1) is 18.0 Å². The molecule has 1 aliphatic rings. The quantitative estimate of drug-likeness (QED) is 0.363. The van der Waals surface area contributed by atoms with Crippen LogP contribution in [0, 0.1) is 29.1 Å². The number of aliphatic hydroxyl groups is 1. The van der Waals surface area contributed by atoms with Gasteiger partial charge in [-0.3, -0.25) is 10.4 Å². The molecule has 1 rings (SSSR count). The highest BCUT2D eigenvalue weighted by atomic mass is 16.3. The Kier molecular flexibility index (Phi) is 7.02. The Morgan fingerprint density at radius 1 is 1.48 bits per heavy atom. The van der Waals surface area contributed by atoms with Gasteiger partial charge in [0.15, 0.2) is 0 Å². The van der Waals surface area contributed by atoms with Gasteiger partial charge < -0.3 is 15.6 Å². The lowest BCUT2D eigenvalue weighted by Crippen LogP contribution is -2.38. The van der Waals surface area contributed by atoms with Crippen molar-refractivity contribution in [2.24, 2.45) is 34.4 Å². The number of hydrogen-bond acceptors (Lipinski definition) is 4. The number of nitrogens with zero attached hydrogens (tertiary/aromatic N) is 1. The number of carbonyl (C=O) groups excluding carboxylic acids is 1. The lowest BCUT2D eigenvalue weighted by molar-refractivity contribution is -0.113. The molecule has 0 aliphatic heterocycles. The van der Waals surface area contributed by atoms with Crippen LogP contribution >= 0.6 is 0 Å². The van der Waals surface area contributed by atoms with Crippen molar-refractivity contribution in [3.8, 4) is 0 Å². The Bertz CT molecular complexity index is 380. The zero-order chi connectivity index (χ0) is 16.0. The molecular weight excluding hydrogens is 266 g/mol. The normalized spacial score (nSPS) is 30.9. The van der Waals surface area contributed by atoms with Crippen LogP contribution in [0.3, 0.4) is 0 Å². The Balaban J connectivity index is 3.09. The van der Waals surface area contributed by atoms with E-state index in [1.807, 2.05) is 6.92 Å². The van der Waals surface area contributed by atoms with Crippen LogP contribution in [0.1, 0.15) is 46.5 Å². The standard InChI is InChI=1S/C16H29N3O2/c1-4-10(5-2)15(19-6-3)14-11(8-13(17)18)7-12(9-20)16(14)21/h6,9-12,14-16,21H,4-5,7-8H2,1-3H3,(H3,17,18)/b19-6+/t11-,12+,14+,15?,16+/m0/s1. The molecule has 0 aromatic heterocycles. The van der Waals surface area contributed by atoms with E-state index in [4.69, 9.17) is 11.1 Å². The van der Waals surface area contributed by atoms with E-state index in [9.17, 15) is 9.90 Å². The van der Waals surface area contributed by atoms with Crippen LogP contribution in [-0.4, -0.2) is 35.6 Å². The Morgan fingerprint density at radius 2 is 2.10 bits per heavy atom. The molecule has 5 nitrogen and oxygen atoms in total. The van der Waals surface area contributed by atoms with Crippen LogP contribution < -0.4 is 5.73 Å². The Morgan fingerprint density at radius 3 is 2.52 bits per heavy atom. The second-order valence-corrected chi connectivity index (χ2v) is 6.07. The largest absolute Gasteiger partial charge is 0.392 e. The fourth-order valence-electron chi connectivity index (χ4n) is 3.81. The van der Waals surface area contributed by atoms with Gasteiger partial charge in [0.25, 0.3) is 0 Å². The van der Waals surface area contributed by atoms with E-state index in [-0.39, 0.29) is 29.6 Å². The molecule has 0 saturated heterocycles. The first-order valence-electron chi connectivity index (χ1n) is 7.94. The zero-order valence-corrected chi connectivity index (χ0v) is 13.3. The van der Waals surface area contributed by atoms with Gasteiger partial charge in [-0.1, -0.05) is 26.7 Å². The van der Waals surface area contributed by atoms with Crippen molar-refractivity contribution in [3.05, 3.63) is 0 Å². The molecule has 1 saturated carbocycles. The van der Waals surface area contributed by atoms with Gasteiger partial charge in [0.1, 0.15) is 6.29 Å². The minimum Gasteiger partial charge on any atom is -0.392 e. The fourth-order valence-corrected chi connectivity index (χ4v) is 3.81. The van der Waals surface area contributed by atoms with Gasteiger partial charge in [0.2, 0.25) is 0 Å². The van der Waals surface area contributed by atoms with Crippen molar-refractivity contribution in [1.29, 1.82) is 5.41 Å². The molecule has 0 radical (unpaired) electrons. The van der Waals surface area contributed by atoms with Crippen molar-refractivity contribution in [2.45, 2.75) is 58.6 Å². The number of nitrogens with one attached hydrogen (secondary N) is 1. The smallest absolute Gasteiger partial charge is 0.125 e. The van der Waals surface area contributed by atoms with E-state index in [0.717, 1.165) is 19.1 Å². The summed E-state index contributed by atoms with van der Waals surface area (Å²) < 4.78 is 0. The van der Waals surface area contributed by atoms with E-state index in [1.165, 1.54) is 0 Å². The molecule has 1 aliphatic carbocycles. The van der Waals surface area contributed by atoms with Gasteiger partial charge in [-0.25, -0.2) is 0 Å². The van der Waals surface area contributed by atoms with Crippen LogP contribution in [0.4, 0.5) is 0 Å². The second-order valence-electron chi connectivity index (χ2n) is 6.07. The average Bonchev–Trinajstić information content (AvgIpc) is 2.74. The number of rotatable bonds is 8. The highest BCUT2D eigenvalue weighted by molar-refractivity contribution is 5.77. The van der Waals surface area contributed by atoms with E-state index >= 15 is 0 Å². The molecule has 0 bridgehead atoms. The zero-order valence-electron chi connectivity index (χ0n) is 13.3. The lowest BCUT2D eigenvalue weighted by atomic mass is 9.77. The predicted molar refractivity (Wildman–Crippen MR) is 85.7 cm³/mol. The number of carbonyl (C=O) groups is 1. The van der Waals surface area contributed by atoms with Gasteiger partial charge >= 0.3 is 0 Å². The molecule has 4 N–H and O–H groups in total. The molecule has 0 spiro atoms. The summed E-state index contributed by atoms with van der Waals surface area (Å²) in [6, 6.07) is -0.00528.